The SMILES string of the molecule is C[C@@H](CCC(=O)O)[C@@H]1CC[C@@H]2C3[C@@H](C[C@@H](O)[C@@]21C)[C@@]1(C)CC[C@H](O)C[C@H]1CC31N=N1. The molecule has 0 saturated heterocycles. The van der Waals surface area contributed by atoms with Gasteiger partial charge in [0.05, 0.1) is 12.2 Å². The maximum atomic E-state index is 11.6. The highest BCUT2D eigenvalue weighted by atomic mass is 16.4. The summed E-state index contributed by atoms with van der Waals surface area (Å²) in [5.41, 5.74) is -0.313. The average Bonchev–Trinajstić information content (AvgIpc) is 3.35. The Bertz CT molecular complexity index is 749. The van der Waals surface area contributed by atoms with Crippen molar-refractivity contribution in [3.63, 3.8) is 0 Å². The van der Waals surface area contributed by atoms with Gasteiger partial charge in [-0.1, -0.05) is 20.8 Å². The Morgan fingerprint density at radius 1 is 1.10 bits per heavy atom. The van der Waals surface area contributed by atoms with E-state index >= 15 is 0 Å². The van der Waals surface area contributed by atoms with E-state index in [4.69, 9.17) is 5.11 Å². The monoisotopic (exact) mass is 418 g/mol. The molecule has 1 spiro atoms. The molecular weight excluding hydrogens is 380 g/mol. The van der Waals surface area contributed by atoms with Crippen LogP contribution in [0.4, 0.5) is 0 Å². The zero-order valence-electron chi connectivity index (χ0n) is 18.6. The highest BCUT2D eigenvalue weighted by Gasteiger charge is 2.72. The van der Waals surface area contributed by atoms with Crippen molar-refractivity contribution in [2.75, 3.05) is 0 Å². The fourth-order valence-corrected chi connectivity index (χ4v) is 8.99. The van der Waals surface area contributed by atoms with Gasteiger partial charge >= 0.3 is 5.97 Å². The van der Waals surface area contributed by atoms with Gasteiger partial charge in [0, 0.05) is 18.8 Å². The molecule has 10 atom stereocenters. The molecule has 30 heavy (non-hydrogen) atoms. The van der Waals surface area contributed by atoms with Gasteiger partial charge in [-0.25, -0.2) is 0 Å². The van der Waals surface area contributed by atoms with E-state index in [1.165, 1.54) is 0 Å². The lowest BCUT2D eigenvalue weighted by atomic mass is 9.42. The molecule has 1 unspecified atom stereocenters. The molecule has 3 N–H and O–H groups in total. The van der Waals surface area contributed by atoms with Crippen molar-refractivity contribution >= 4 is 5.97 Å². The molecule has 0 radical (unpaired) electrons. The molecule has 0 aromatic rings. The smallest absolute Gasteiger partial charge is 0.303 e. The lowest BCUT2D eigenvalue weighted by molar-refractivity contribution is -0.187. The molecule has 6 nitrogen and oxygen atoms in total. The van der Waals surface area contributed by atoms with Crippen molar-refractivity contribution in [2.24, 2.45) is 56.6 Å². The van der Waals surface area contributed by atoms with Crippen LogP contribution in [0.15, 0.2) is 10.2 Å². The van der Waals surface area contributed by atoms with E-state index in [1.54, 1.807) is 0 Å². The third-order valence-corrected chi connectivity index (χ3v) is 10.7. The second-order valence-electron chi connectivity index (χ2n) is 11.9. The summed E-state index contributed by atoms with van der Waals surface area (Å²) in [7, 11) is 0. The number of fused-ring (bicyclic) bond motifs is 6. The fourth-order valence-electron chi connectivity index (χ4n) is 8.99. The van der Waals surface area contributed by atoms with Crippen LogP contribution >= 0.6 is 0 Å². The van der Waals surface area contributed by atoms with Crippen LogP contribution in [0.5, 0.6) is 0 Å². The normalized spacial score (nSPS) is 51.7. The summed E-state index contributed by atoms with van der Waals surface area (Å²) in [6, 6.07) is 0. The maximum Gasteiger partial charge on any atom is 0.303 e. The van der Waals surface area contributed by atoms with E-state index in [0.29, 0.717) is 41.9 Å². The fraction of sp³-hybridized carbons (Fsp3) is 0.958. The predicted octanol–water partition coefficient (Wildman–Crippen LogP) is 4.25. The molecule has 1 heterocycles. The van der Waals surface area contributed by atoms with Gasteiger partial charge in [-0.2, -0.15) is 10.2 Å². The van der Waals surface area contributed by atoms with Crippen LogP contribution in [-0.2, 0) is 4.79 Å². The van der Waals surface area contributed by atoms with Crippen molar-refractivity contribution in [2.45, 2.75) is 96.4 Å². The molecule has 5 rings (SSSR count). The number of rotatable bonds is 4. The van der Waals surface area contributed by atoms with Gasteiger partial charge < -0.3 is 15.3 Å². The highest BCUT2D eigenvalue weighted by Crippen LogP contribution is 2.72. The number of nitrogens with zero attached hydrogens (tertiary/aromatic N) is 2. The summed E-state index contributed by atoms with van der Waals surface area (Å²) in [6.45, 7) is 6.87. The van der Waals surface area contributed by atoms with Crippen molar-refractivity contribution in [1.29, 1.82) is 0 Å². The van der Waals surface area contributed by atoms with E-state index in [9.17, 15) is 15.0 Å². The number of carbonyl (C=O) groups is 1. The predicted molar refractivity (Wildman–Crippen MR) is 112 cm³/mol. The van der Waals surface area contributed by atoms with E-state index in [0.717, 1.165) is 44.9 Å². The van der Waals surface area contributed by atoms with Crippen LogP contribution in [0.25, 0.3) is 0 Å². The maximum absolute atomic E-state index is 11.6. The topological polar surface area (TPSA) is 102 Å². The van der Waals surface area contributed by atoms with E-state index in [2.05, 4.69) is 31.0 Å². The summed E-state index contributed by atoms with van der Waals surface area (Å²) in [4.78, 5) is 11.1. The number of aliphatic hydroxyl groups excluding tert-OH is 2. The van der Waals surface area contributed by atoms with E-state index in [-0.39, 0.29) is 35.1 Å². The van der Waals surface area contributed by atoms with E-state index < -0.39 is 5.97 Å². The number of carboxylic acid groups (broad SMARTS) is 1. The van der Waals surface area contributed by atoms with Gasteiger partial charge in [-0.05, 0) is 85.4 Å². The zero-order valence-corrected chi connectivity index (χ0v) is 18.6. The third kappa shape index (κ3) is 2.78. The van der Waals surface area contributed by atoms with Gasteiger partial charge in [0.2, 0.25) is 0 Å². The molecule has 0 aromatic carbocycles. The number of carboxylic acids is 1. The van der Waals surface area contributed by atoms with Crippen LogP contribution in [0.1, 0.15) is 78.6 Å². The molecule has 0 aromatic heterocycles. The van der Waals surface area contributed by atoms with Gasteiger partial charge in [0.25, 0.3) is 0 Å². The van der Waals surface area contributed by atoms with E-state index in [1.807, 2.05) is 0 Å². The van der Waals surface area contributed by atoms with Crippen molar-refractivity contribution in [3.8, 4) is 0 Å². The molecule has 4 saturated carbocycles. The largest absolute Gasteiger partial charge is 0.481 e. The molecule has 0 bridgehead atoms. The quantitative estimate of drug-likeness (QED) is 0.635. The summed E-state index contributed by atoms with van der Waals surface area (Å²) < 4.78 is 0. The van der Waals surface area contributed by atoms with Crippen LogP contribution in [0.3, 0.4) is 0 Å². The Hall–Kier alpha value is -1.01. The van der Waals surface area contributed by atoms with Gasteiger partial charge in [-0.15, -0.1) is 0 Å². The molecule has 0 amide bonds. The molecule has 5 aliphatic rings. The molecular formula is C24H38N2O4. The van der Waals surface area contributed by atoms with Crippen LogP contribution in [0.2, 0.25) is 0 Å². The summed E-state index contributed by atoms with van der Waals surface area (Å²) in [6.07, 6.45) is 6.98. The second-order valence-corrected chi connectivity index (χ2v) is 11.9. The zero-order chi connectivity index (χ0) is 21.5. The Kier molecular flexibility index (Phi) is 4.69. The molecule has 168 valence electrons. The third-order valence-electron chi connectivity index (χ3n) is 10.7. The Morgan fingerprint density at radius 3 is 2.50 bits per heavy atom. The minimum Gasteiger partial charge on any atom is -0.481 e. The Morgan fingerprint density at radius 2 is 1.83 bits per heavy atom. The second kappa shape index (κ2) is 6.74. The van der Waals surface area contributed by atoms with Gasteiger partial charge in [0.15, 0.2) is 5.66 Å². The van der Waals surface area contributed by atoms with Crippen LogP contribution in [0, 0.1) is 46.3 Å². The number of aliphatic hydroxyl groups is 2. The summed E-state index contributed by atoms with van der Waals surface area (Å²) >= 11 is 0. The van der Waals surface area contributed by atoms with Crippen molar-refractivity contribution < 1.29 is 20.1 Å². The first-order valence-corrected chi connectivity index (χ1v) is 12.1. The summed E-state index contributed by atoms with van der Waals surface area (Å²) in [5.74, 6) is 1.53. The first-order valence-electron chi connectivity index (χ1n) is 12.1. The summed E-state index contributed by atoms with van der Waals surface area (Å²) in [5, 5.41) is 40.4. The minimum atomic E-state index is -0.730. The van der Waals surface area contributed by atoms with Crippen LogP contribution in [-0.4, -0.2) is 39.2 Å². The van der Waals surface area contributed by atoms with Crippen molar-refractivity contribution in [1.82, 2.24) is 0 Å². The molecule has 1 aliphatic heterocycles. The van der Waals surface area contributed by atoms with Crippen LogP contribution < -0.4 is 0 Å². The van der Waals surface area contributed by atoms with Gasteiger partial charge in [0.1, 0.15) is 0 Å². The molecule has 6 heteroatoms. The minimum absolute atomic E-state index is 0.151. The lowest BCUT2D eigenvalue weighted by Gasteiger charge is -2.63. The molecule has 4 aliphatic carbocycles. The standard InChI is InChI=1S/C24H38N2O4/c1-13(4-7-20(29)30)16-5-6-17-21-18(11-19(28)23(16,17)3)22(2)9-8-15(27)10-14(22)12-24(21)25-26-24/h13-19,21,27-28H,4-12H2,1-3H3,(H,29,30)/t13-,14-,15-,16-,17+,18+,19+,21?,22-,23+/m0/s1. The highest BCUT2D eigenvalue weighted by molar-refractivity contribution is 5.66. The molecule has 4 fully saturated rings. The Balaban J connectivity index is 1.46. The Labute approximate surface area is 179 Å². The number of hydrogen-bond donors (Lipinski definition) is 3. The number of aliphatic carboxylic acids is 1. The average molecular weight is 419 g/mol. The van der Waals surface area contributed by atoms with Gasteiger partial charge in [-0.3, -0.25) is 4.79 Å². The number of hydrogen-bond acceptors (Lipinski definition) is 5. The van der Waals surface area contributed by atoms with Crippen molar-refractivity contribution in [3.05, 3.63) is 0 Å². The first-order chi connectivity index (χ1) is 14.1. The lowest BCUT2D eigenvalue weighted by Crippen LogP contribution is -2.63. The first kappa shape index (κ1) is 20.9.